The maximum absolute atomic E-state index is 12.5. The SMILES string of the molecule is Cn1nc(C(=O)O)cc1NC(=O)[C@H]1C[C@H]1CNC(=O)OCC1c2ccccc2-c2ccccc21. The molecule has 2 aliphatic rings. The molecule has 1 saturated carbocycles. The van der Waals surface area contributed by atoms with Crippen molar-refractivity contribution in [1.29, 1.82) is 0 Å². The second-order valence-corrected chi connectivity index (χ2v) is 8.64. The van der Waals surface area contributed by atoms with Crippen LogP contribution < -0.4 is 10.6 Å². The molecular formula is C25H24N4O5. The Morgan fingerprint density at radius 1 is 1.09 bits per heavy atom. The number of ether oxygens (including phenoxy) is 1. The molecule has 34 heavy (non-hydrogen) atoms. The normalized spacial score (nSPS) is 18.0. The lowest BCUT2D eigenvalue weighted by Gasteiger charge is -2.14. The Hall–Kier alpha value is -4.14. The Kier molecular flexibility index (Phi) is 5.53. The van der Waals surface area contributed by atoms with Gasteiger partial charge in [-0.2, -0.15) is 5.10 Å². The number of amides is 2. The molecule has 2 aliphatic carbocycles. The number of carbonyl (C=O) groups excluding carboxylic acids is 2. The number of aromatic nitrogens is 2. The van der Waals surface area contributed by atoms with Crippen LogP contribution >= 0.6 is 0 Å². The first-order valence-electron chi connectivity index (χ1n) is 11.1. The number of nitrogens with one attached hydrogen (secondary N) is 2. The smallest absolute Gasteiger partial charge is 0.407 e. The van der Waals surface area contributed by atoms with E-state index in [-0.39, 0.29) is 36.0 Å². The minimum atomic E-state index is -1.16. The molecule has 174 valence electrons. The van der Waals surface area contributed by atoms with E-state index >= 15 is 0 Å². The number of hydrogen-bond donors (Lipinski definition) is 3. The predicted octanol–water partition coefficient (Wildman–Crippen LogP) is 3.23. The highest BCUT2D eigenvalue weighted by Gasteiger charge is 2.43. The molecule has 2 amide bonds. The molecule has 1 aromatic heterocycles. The molecule has 3 N–H and O–H groups in total. The number of alkyl carbamates (subject to hydrolysis) is 1. The van der Waals surface area contributed by atoms with Crippen LogP contribution in [0.4, 0.5) is 10.6 Å². The van der Waals surface area contributed by atoms with E-state index in [1.54, 1.807) is 7.05 Å². The molecule has 9 nitrogen and oxygen atoms in total. The van der Waals surface area contributed by atoms with Gasteiger partial charge in [-0.1, -0.05) is 48.5 Å². The molecule has 0 radical (unpaired) electrons. The van der Waals surface area contributed by atoms with Gasteiger partial charge in [0.15, 0.2) is 5.69 Å². The van der Waals surface area contributed by atoms with E-state index < -0.39 is 12.1 Å². The number of anilines is 1. The number of rotatable bonds is 7. The monoisotopic (exact) mass is 460 g/mol. The summed E-state index contributed by atoms with van der Waals surface area (Å²) >= 11 is 0. The van der Waals surface area contributed by atoms with E-state index in [9.17, 15) is 14.4 Å². The summed E-state index contributed by atoms with van der Waals surface area (Å²) in [5, 5.41) is 18.3. The third kappa shape index (κ3) is 4.12. The fraction of sp³-hybridized carbons (Fsp3) is 0.280. The fourth-order valence-corrected chi connectivity index (χ4v) is 4.57. The minimum absolute atomic E-state index is 0.00709. The molecule has 0 saturated heterocycles. The zero-order valence-corrected chi connectivity index (χ0v) is 18.5. The van der Waals surface area contributed by atoms with Crippen LogP contribution in [0.25, 0.3) is 11.1 Å². The van der Waals surface area contributed by atoms with Crippen molar-refractivity contribution in [2.24, 2.45) is 18.9 Å². The van der Waals surface area contributed by atoms with E-state index in [4.69, 9.17) is 9.84 Å². The summed E-state index contributed by atoms with van der Waals surface area (Å²) in [5.74, 6) is -1.32. The number of carboxylic acid groups (broad SMARTS) is 1. The number of nitrogens with zero attached hydrogens (tertiary/aromatic N) is 2. The van der Waals surface area contributed by atoms with Gasteiger partial charge in [0.25, 0.3) is 0 Å². The molecule has 9 heteroatoms. The van der Waals surface area contributed by atoms with Crippen LogP contribution in [0, 0.1) is 11.8 Å². The van der Waals surface area contributed by atoms with E-state index in [1.165, 1.54) is 21.9 Å². The van der Waals surface area contributed by atoms with Crippen molar-refractivity contribution in [3.63, 3.8) is 0 Å². The lowest BCUT2D eigenvalue weighted by Crippen LogP contribution is -2.29. The van der Waals surface area contributed by atoms with Crippen LogP contribution in [-0.4, -0.2) is 46.0 Å². The number of hydrogen-bond acceptors (Lipinski definition) is 5. The van der Waals surface area contributed by atoms with Crippen molar-refractivity contribution in [3.05, 3.63) is 71.4 Å². The van der Waals surface area contributed by atoms with Crippen molar-refractivity contribution in [2.75, 3.05) is 18.5 Å². The number of carbonyl (C=O) groups is 3. The van der Waals surface area contributed by atoms with Gasteiger partial charge in [0.2, 0.25) is 5.91 Å². The zero-order chi connectivity index (χ0) is 23.8. The number of aromatic carboxylic acids is 1. The van der Waals surface area contributed by atoms with Crippen LogP contribution in [0.5, 0.6) is 0 Å². The second-order valence-electron chi connectivity index (χ2n) is 8.64. The molecule has 0 spiro atoms. The molecule has 0 bridgehead atoms. The molecule has 0 unspecified atom stereocenters. The summed E-state index contributed by atoms with van der Waals surface area (Å²) in [5.41, 5.74) is 4.50. The molecule has 1 heterocycles. The van der Waals surface area contributed by atoms with Gasteiger partial charge in [-0.3, -0.25) is 9.48 Å². The average Bonchev–Trinajstić information content (AvgIpc) is 3.43. The summed E-state index contributed by atoms with van der Waals surface area (Å²) in [4.78, 5) is 35.8. The zero-order valence-electron chi connectivity index (χ0n) is 18.5. The maximum atomic E-state index is 12.5. The highest BCUT2D eigenvalue weighted by molar-refractivity contribution is 5.95. The first-order valence-corrected chi connectivity index (χ1v) is 11.1. The first kappa shape index (κ1) is 21.7. The maximum Gasteiger partial charge on any atom is 0.407 e. The van der Waals surface area contributed by atoms with Gasteiger partial charge in [-0.05, 0) is 34.6 Å². The van der Waals surface area contributed by atoms with Gasteiger partial charge >= 0.3 is 12.1 Å². The van der Waals surface area contributed by atoms with E-state index in [0.717, 1.165) is 11.1 Å². The molecule has 2 atom stereocenters. The molecule has 2 aromatic carbocycles. The summed E-state index contributed by atoms with van der Waals surface area (Å²) in [6.45, 7) is 0.571. The summed E-state index contributed by atoms with van der Waals surface area (Å²) in [6, 6.07) is 17.6. The topological polar surface area (TPSA) is 123 Å². The third-order valence-electron chi connectivity index (χ3n) is 6.46. The second kappa shape index (κ2) is 8.66. The van der Waals surface area contributed by atoms with Crippen molar-refractivity contribution in [2.45, 2.75) is 12.3 Å². The molecule has 1 fully saturated rings. The number of fused-ring (bicyclic) bond motifs is 3. The van der Waals surface area contributed by atoms with Gasteiger partial charge in [-0.25, -0.2) is 9.59 Å². The average molecular weight is 460 g/mol. The van der Waals surface area contributed by atoms with Crippen LogP contribution in [0.2, 0.25) is 0 Å². The van der Waals surface area contributed by atoms with Crippen molar-refractivity contribution < 1.29 is 24.2 Å². The van der Waals surface area contributed by atoms with Crippen molar-refractivity contribution in [1.82, 2.24) is 15.1 Å². The fourth-order valence-electron chi connectivity index (χ4n) is 4.57. The highest BCUT2D eigenvalue weighted by Crippen LogP contribution is 2.44. The van der Waals surface area contributed by atoms with Crippen LogP contribution in [0.1, 0.15) is 34.0 Å². The molecule has 5 rings (SSSR count). The predicted molar refractivity (Wildman–Crippen MR) is 123 cm³/mol. The van der Waals surface area contributed by atoms with Crippen molar-refractivity contribution >= 4 is 23.8 Å². The largest absolute Gasteiger partial charge is 0.476 e. The number of benzene rings is 2. The van der Waals surface area contributed by atoms with Crippen LogP contribution in [-0.2, 0) is 16.6 Å². The van der Waals surface area contributed by atoms with Gasteiger partial charge in [0, 0.05) is 31.5 Å². The Labute approximate surface area is 195 Å². The summed E-state index contributed by atoms with van der Waals surface area (Å²) in [6.07, 6.45) is 0.129. The van der Waals surface area contributed by atoms with E-state index in [1.807, 2.05) is 24.3 Å². The van der Waals surface area contributed by atoms with E-state index in [0.29, 0.717) is 18.8 Å². The lowest BCUT2D eigenvalue weighted by atomic mass is 9.98. The van der Waals surface area contributed by atoms with Gasteiger partial charge in [-0.15, -0.1) is 0 Å². The number of carboxylic acids is 1. The first-order chi connectivity index (χ1) is 16.4. The van der Waals surface area contributed by atoms with Gasteiger partial charge in [0.05, 0.1) is 0 Å². The standard InChI is InChI=1S/C25H24N4O5/c1-29-22(11-21(28-29)24(31)32)27-23(30)19-10-14(19)12-26-25(33)34-13-20-17-8-4-2-6-15(17)16-7-3-5-9-18(16)20/h2-9,11,14,19-20H,10,12-13H2,1H3,(H,26,33)(H,27,30)(H,31,32)/t14-,19-/m0/s1. The molecule has 0 aliphatic heterocycles. The molecular weight excluding hydrogens is 436 g/mol. The van der Waals surface area contributed by atoms with Crippen molar-refractivity contribution in [3.8, 4) is 11.1 Å². The molecule has 3 aromatic rings. The summed E-state index contributed by atoms with van der Waals surface area (Å²) in [7, 11) is 1.56. The Morgan fingerprint density at radius 2 is 1.74 bits per heavy atom. The van der Waals surface area contributed by atoms with Crippen LogP contribution in [0.3, 0.4) is 0 Å². The Balaban J connectivity index is 1.11. The summed E-state index contributed by atoms with van der Waals surface area (Å²) < 4.78 is 6.85. The third-order valence-corrected chi connectivity index (χ3v) is 6.46. The Morgan fingerprint density at radius 3 is 2.35 bits per heavy atom. The minimum Gasteiger partial charge on any atom is -0.476 e. The number of aryl methyl sites for hydroxylation is 1. The highest BCUT2D eigenvalue weighted by atomic mass is 16.5. The Bertz CT molecular complexity index is 1240. The quantitative estimate of drug-likeness (QED) is 0.498. The van der Waals surface area contributed by atoms with E-state index in [2.05, 4.69) is 40.0 Å². The van der Waals surface area contributed by atoms with Crippen LogP contribution in [0.15, 0.2) is 54.6 Å². The van der Waals surface area contributed by atoms with Gasteiger partial charge < -0.3 is 20.5 Å². The van der Waals surface area contributed by atoms with Gasteiger partial charge in [0.1, 0.15) is 12.4 Å². The lowest BCUT2D eigenvalue weighted by molar-refractivity contribution is -0.117.